The summed E-state index contributed by atoms with van der Waals surface area (Å²) < 4.78 is 14.4. The predicted octanol–water partition coefficient (Wildman–Crippen LogP) is 17.1. The smallest absolute Gasteiger partial charge is 0.143 e. The molecule has 0 N–H and O–H groups in total. The van der Waals surface area contributed by atoms with Gasteiger partial charge >= 0.3 is 0 Å². The largest absolute Gasteiger partial charge is 0.455 e. The van der Waals surface area contributed by atoms with E-state index in [2.05, 4.69) is 194 Å². The van der Waals surface area contributed by atoms with Crippen LogP contribution >= 0.6 is 22.7 Å². The second-order valence-corrected chi connectivity index (χ2v) is 19.3. The summed E-state index contributed by atoms with van der Waals surface area (Å²) in [5.41, 5.74) is 15.4. The van der Waals surface area contributed by atoms with E-state index in [1.165, 1.54) is 123 Å². The second-order valence-electron chi connectivity index (χ2n) is 17.2. The molecule has 0 bridgehead atoms. The van der Waals surface area contributed by atoms with E-state index in [9.17, 15) is 0 Å². The Balaban J connectivity index is 0.999. The lowest BCUT2D eigenvalue weighted by molar-refractivity contribution is 0.653. The third-order valence-electron chi connectivity index (χ3n) is 13.6. The first-order valence-electron chi connectivity index (χ1n) is 21.0. The molecule has 0 unspecified atom stereocenters. The van der Waals surface area contributed by atoms with Gasteiger partial charge in [0, 0.05) is 78.6 Å². The number of thiophene rings is 2. The van der Waals surface area contributed by atoms with E-state index in [-0.39, 0.29) is 5.41 Å². The monoisotopic (exact) mass is 813 g/mol. The average molecular weight is 814 g/mol. The Labute approximate surface area is 359 Å². The van der Waals surface area contributed by atoms with Crippen LogP contribution < -0.4 is 0 Å². The van der Waals surface area contributed by atoms with Crippen LogP contribution in [0.1, 0.15) is 25.0 Å². The molecule has 0 spiro atoms. The molecule has 4 heterocycles. The summed E-state index contributed by atoms with van der Waals surface area (Å²) in [5, 5.41) is 10.1. The number of benzene rings is 9. The molecule has 61 heavy (non-hydrogen) atoms. The molecule has 14 rings (SSSR count). The Morgan fingerprint density at radius 3 is 1.89 bits per heavy atom. The van der Waals surface area contributed by atoms with Gasteiger partial charge in [0.25, 0.3) is 0 Å². The van der Waals surface area contributed by atoms with Gasteiger partial charge in [-0.25, -0.2) is 0 Å². The highest BCUT2D eigenvalue weighted by atomic mass is 32.1. The summed E-state index contributed by atoms with van der Waals surface area (Å²) in [6.07, 6.45) is 0. The Morgan fingerprint density at radius 2 is 1.07 bits per heavy atom. The maximum atomic E-state index is 6.64. The zero-order valence-electron chi connectivity index (χ0n) is 33.4. The molecule has 0 fully saturated rings. The number of furan rings is 1. The lowest BCUT2D eigenvalue weighted by Crippen LogP contribution is -2.15. The summed E-state index contributed by atoms with van der Waals surface area (Å²) in [6.45, 7) is 4.73. The number of hydrogen-bond acceptors (Lipinski definition) is 3. The highest BCUT2D eigenvalue weighted by Gasteiger charge is 2.38. The summed E-state index contributed by atoms with van der Waals surface area (Å²) in [6, 6.07) is 65.7. The lowest BCUT2D eigenvalue weighted by atomic mass is 9.82. The molecule has 0 atom stereocenters. The van der Waals surface area contributed by atoms with E-state index in [1.807, 2.05) is 22.7 Å². The normalized spacial score (nSPS) is 13.5. The van der Waals surface area contributed by atoms with Gasteiger partial charge in [0.05, 0.1) is 11.0 Å². The number of nitrogens with zero attached hydrogens (tertiary/aromatic N) is 1. The van der Waals surface area contributed by atoms with Crippen LogP contribution in [0.3, 0.4) is 0 Å². The Bertz CT molecular complexity index is 4040. The van der Waals surface area contributed by atoms with E-state index in [1.54, 1.807) is 0 Å². The molecule has 0 aliphatic heterocycles. The molecular formula is C57H35NOS2. The summed E-state index contributed by atoms with van der Waals surface area (Å²) in [7, 11) is 0. The van der Waals surface area contributed by atoms with E-state index in [0.717, 1.165) is 11.2 Å². The SMILES string of the molecule is CC1(C)c2cc(-n3c4ccc(-c5ccc6sc7ccccc7c6c5)cc4c4cc(-c5cccc6c5sc5ccccc56)ccc43)ccc2-c2c1ccc1c2oc2ccccc21. The Hall–Kier alpha value is -6.98. The Morgan fingerprint density at radius 1 is 0.426 bits per heavy atom. The van der Waals surface area contributed by atoms with Crippen LogP contribution in [-0.2, 0) is 5.41 Å². The molecule has 0 radical (unpaired) electrons. The topological polar surface area (TPSA) is 18.1 Å². The van der Waals surface area contributed by atoms with Crippen molar-refractivity contribution in [3.63, 3.8) is 0 Å². The summed E-state index contributed by atoms with van der Waals surface area (Å²) >= 11 is 3.76. The van der Waals surface area contributed by atoms with Crippen LogP contribution in [0.25, 0.3) is 123 Å². The van der Waals surface area contributed by atoms with Crippen molar-refractivity contribution in [1.82, 2.24) is 4.57 Å². The average Bonchev–Trinajstić information content (AvgIpc) is 4.10. The van der Waals surface area contributed by atoms with Gasteiger partial charge in [-0.15, -0.1) is 22.7 Å². The standard InChI is InChI=1S/C57H35NOS2/c1-57(2)46-24-23-40-37-10-3-6-15-50(37)59-55(40)54(46)42-22-21-35(31-47(42)57)58-48-25-18-32(33-20-27-53-45(29-33)39-12-5-7-16-51(39)60-53)28-43(48)44-30-34(19-26-49(44)58)36-13-9-14-41-38-11-4-8-17-52(38)61-56(36)41/h3-31H,1-2H3. The molecule has 286 valence electrons. The summed E-state index contributed by atoms with van der Waals surface area (Å²) in [4.78, 5) is 0. The second kappa shape index (κ2) is 12.1. The molecule has 2 nitrogen and oxygen atoms in total. The zero-order valence-corrected chi connectivity index (χ0v) is 35.0. The van der Waals surface area contributed by atoms with Crippen LogP contribution in [0.2, 0.25) is 0 Å². The van der Waals surface area contributed by atoms with Crippen LogP contribution in [0.5, 0.6) is 0 Å². The summed E-state index contributed by atoms with van der Waals surface area (Å²) in [5.74, 6) is 0. The van der Waals surface area contributed by atoms with Gasteiger partial charge in [-0.1, -0.05) is 123 Å². The van der Waals surface area contributed by atoms with E-state index in [0.29, 0.717) is 0 Å². The number of hydrogen-bond donors (Lipinski definition) is 0. The van der Waals surface area contributed by atoms with Crippen molar-refractivity contribution in [2.45, 2.75) is 19.3 Å². The maximum absolute atomic E-state index is 6.64. The van der Waals surface area contributed by atoms with E-state index < -0.39 is 0 Å². The van der Waals surface area contributed by atoms with Crippen LogP contribution in [0, 0.1) is 0 Å². The van der Waals surface area contributed by atoms with E-state index in [4.69, 9.17) is 4.42 Å². The van der Waals surface area contributed by atoms with Crippen molar-refractivity contribution >= 4 is 107 Å². The van der Waals surface area contributed by atoms with Gasteiger partial charge in [0.2, 0.25) is 0 Å². The minimum atomic E-state index is -0.208. The van der Waals surface area contributed by atoms with Crippen molar-refractivity contribution in [3.05, 3.63) is 187 Å². The van der Waals surface area contributed by atoms with Crippen molar-refractivity contribution in [3.8, 4) is 39.1 Å². The van der Waals surface area contributed by atoms with Gasteiger partial charge in [-0.2, -0.15) is 0 Å². The fourth-order valence-corrected chi connectivity index (χ4v) is 13.0. The van der Waals surface area contributed by atoms with Crippen molar-refractivity contribution in [1.29, 1.82) is 0 Å². The molecule has 4 heteroatoms. The minimum absolute atomic E-state index is 0.208. The van der Waals surface area contributed by atoms with Gasteiger partial charge in [-0.3, -0.25) is 0 Å². The first-order valence-corrected chi connectivity index (χ1v) is 22.6. The molecule has 9 aromatic carbocycles. The highest BCUT2D eigenvalue weighted by molar-refractivity contribution is 7.26. The fraction of sp³-hybridized carbons (Fsp3) is 0.0526. The molecule has 0 saturated heterocycles. The lowest BCUT2D eigenvalue weighted by Gasteiger charge is -2.22. The Kier molecular flexibility index (Phi) is 6.69. The van der Waals surface area contributed by atoms with Gasteiger partial charge in [-0.05, 0) is 106 Å². The fourth-order valence-electron chi connectivity index (χ4n) is 10.7. The molecule has 0 amide bonds. The molecule has 1 aliphatic carbocycles. The zero-order chi connectivity index (χ0) is 40.1. The first-order chi connectivity index (χ1) is 30.0. The number of aromatic nitrogens is 1. The molecular weight excluding hydrogens is 779 g/mol. The molecule has 1 aliphatic rings. The maximum Gasteiger partial charge on any atom is 0.143 e. The molecule has 13 aromatic rings. The van der Waals surface area contributed by atoms with Gasteiger partial charge in [0.15, 0.2) is 0 Å². The quantitative estimate of drug-likeness (QED) is 0.174. The third kappa shape index (κ3) is 4.61. The van der Waals surface area contributed by atoms with Crippen molar-refractivity contribution < 1.29 is 4.42 Å². The highest BCUT2D eigenvalue weighted by Crippen LogP contribution is 2.53. The van der Waals surface area contributed by atoms with E-state index >= 15 is 0 Å². The molecule has 4 aromatic heterocycles. The first kappa shape index (κ1) is 33.8. The van der Waals surface area contributed by atoms with Crippen LogP contribution in [0.4, 0.5) is 0 Å². The van der Waals surface area contributed by atoms with Crippen molar-refractivity contribution in [2.24, 2.45) is 0 Å². The van der Waals surface area contributed by atoms with Crippen LogP contribution in [0.15, 0.2) is 180 Å². The number of fused-ring (bicyclic) bond motifs is 16. The van der Waals surface area contributed by atoms with Crippen molar-refractivity contribution in [2.75, 3.05) is 0 Å². The molecule has 0 saturated carbocycles. The van der Waals surface area contributed by atoms with Gasteiger partial charge < -0.3 is 8.98 Å². The van der Waals surface area contributed by atoms with Crippen LogP contribution in [-0.4, -0.2) is 4.57 Å². The predicted molar refractivity (Wildman–Crippen MR) is 262 cm³/mol. The number of para-hydroxylation sites is 1. The minimum Gasteiger partial charge on any atom is -0.455 e. The third-order valence-corrected chi connectivity index (χ3v) is 16.0. The van der Waals surface area contributed by atoms with Gasteiger partial charge in [0.1, 0.15) is 11.2 Å². The number of rotatable bonds is 3.